The Kier molecular flexibility index (Phi) is 12.0. The van der Waals surface area contributed by atoms with Crippen molar-refractivity contribution in [3.63, 3.8) is 0 Å². The molecule has 0 aromatic heterocycles. The third-order valence-corrected chi connectivity index (χ3v) is 5.74. The van der Waals surface area contributed by atoms with E-state index in [0.717, 1.165) is 44.3 Å². The fraction of sp³-hybridized carbons (Fsp3) is 0.440. The standard InChI is InChI=1S/C25H35N5O2.HI/c1-26-25(28-16-8-15-27-24(31)21-9-4-3-5-10-21)29-19-23(30-17-6-7-18-30)20-11-13-22(32-2)14-12-20;/h3-5,9-14,23H,6-8,15-19H2,1-2H3,(H,27,31)(H2,26,28,29);1H. The van der Waals surface area contributed by atoms with Gasteiger partial charge in [-0.15, -0.1) is 24.0 Å². The van der Waals surface area contributed by atoms with Gasteiger partial charge >= 0.3 is 0 Å². The molecule has 0 bridgehead atoms. The van der Waals surface area contributed by atoms with Gasteiger partial charge in [0, 0.05) is 32.2 Å². The van der Waals surface area contributed by atoms with E-state index < -0.39 is 0 Å². The maximum atomic E-state index is 12.1. The summed E-state index contributed by atoms with van der Waals surface area (Å²) >= 11 is 0. The zero-order chi connectivity index (χ0) is 22.6. The molecule has 0 spiro atoms. The number of nitrogens with one attached hydrogen (secondary N) is 3. The molecule has 0 saturated carbocycles. The molecule has 1 atom stereocenters. The molecule has 2 aromatic carbocycles. The molecule has 1 fully saturated rings. The van der Waals surface area contributed by atoms with Crippen molar-refractivity contribution in [2.45, 2.75) is 25.3 Å². The first kappa shape index (κ1) is 26.9. The van der Waals surface area contributed by atoms with Gasteiger partial charge in [-0.3, -0.25) is 14.7 Å². The number of likely N-dealkylation sites (tertiary alicyclic amines) is 1. The Morgan fingerprint density at radius 2 is 1.67 bits per heavy atom. The van der Waals surface area contributed by atoms with Crippen LogP contribution in [0.1, 0.15) is 41.2 Å². The molecule has 1 unspecified atom stereocenters. The Morgan fingerprint density at radius 1 is 1.00 bits per heavy atom. The van der Waals surface area contributed by atoms with Crippen molar-refractivity contribution < 1.29 is 9.53 Å². The van der Waals surface area contributed by atoms with E-state index in [1.54, 1.807) is 14.2 Å². The molecule has 0 radical (unpaired) electrons. The largest absolute Gasteiger partial charge is 0.497 e. The van der Waals surface area contributed by atoms with Gasteiger partial charge in [0.2, 0.25) is 0 Å². The summed E-state index contributed by atoms with van der Waals surface area (Å²) < 4.78 is 5.31. The zero-order valence-electron chi connectivity index (χ0n) is 19.5. The fourth-order valence-corrected chi connectivity index (χ4v) is 3.94. The SMILES string of the molecule is CN=C(NCCCNC(=O)c1ccccc1)NCC(c1ccc(OC)cc1)N1CCCC1.I. The Balaban J connectivity index is 0.00000385. The van der Waals surface area contributed by atoms with Gasteiger partial charge in [-0.2, -0.15) is 0 Å². The zero-order valence-corrected chi connectivity index (χ0v) is 21.9. The predicted molar refractivity (Wildman–Crippen MR) is 145 cm³/mol. The van der Waals surface area contributed by atoms with Gasteiger partial charge in [0.25, 0.3) is 5.91 Å². The average molecular weight is 566 g/mol. The van der Waals surface area contributed by atoms with Crippen LogP contribution in [-0.2, 0) is 0 Å². The number of hydrogen-bond acceptors (Lipinski definition) is 4. The Labute approximate surface area is 214 Å². The van der Waals surface area contributed by atoms with Crippen LogP contribution in [0.25, 0.3) is 0 Å². The highest BCUT2D eigenvalue weighted by Crippen LogP contribution is 2.26. The monoisotopic (exact) mass is 565 g/mol. The number of hydrogen-bond donors (Lipinski definition) is 3. The van der Waals surface area contributed by atoms with E-state index in [-0.39, 0.29) is 35.9 Å². The molecular weight excluding hydrogens is 529 g/mol. The van der Waals surface area contributed by atoms with E-state index in [1.807, 2.05) is 42.5 Å². The molecule has 0 aliphatic carbocycles. The van der Waals surface area contributed by atoms with Crippen LogP contribution in [0.2, 0.25) is 0 Å². The number of aliphatic imine (C=N–C) groups is 1. The Morgan fingerprint density at radius 3 is 2.30 bits per heavy atom. The van der Waals surface area contributed by atoms with Crippen molar-refractivity contribution in [1.29, 1.82) is 0 Å². The summed E-state index contributed by atoms with van der Waals surface area (Å²) in [5.74, 6) is 1.61. The summed E-state index contributed by atoms with van der Waals surface area (Å²) in [6.45, 7) is 4.35. The topological polar surface area (TPSA) is 78.0 Å². The molecule has 1 saturated heterocycles. The number of carbonyl (C=O) groups excluding carboxylic acids is 1. The molecule has 2 aromatic rings. The quantitative estimate of drug-likeness (QED) is 0.178. The molecule has 33 heavy (non-hydrogen) atoms. The van der Waals surface area contributed by atoms with E-state index in [9.17, 15) is 4.79 Å². The van der Waals surface area contributed by atoms with Crippen LogP contribution in [0.3, 0.4) is 0 Å². The van der Waals surface area contributed by atoms with Crippen molar-refractivity contribution in [2.24, 2.45) is 4.99 Å². The number of amides is 1. The van der Waals surface area contributed by atoms with Gasteiger partial charge in [-0.25, -0.2) is 0 Å². The Bertz CT molecular complexity index is 855. The van der Waals surface area contributed by atoms with Gasteiger partial charge in [0.05, 0.1) is 13.2 Å². The molecule has 1 heterocycles. The molecule has 3 rings (SSSR count). The summed E-state index contributed by atoms with van der Waals surface area (Å²) in [6.07, 6.45) is 3.30. The highest BCUT2D eigenvalue weighted by molar-refractivity contribution is 14.0. The first-order valence-corrected chi connectivity index (χ1v) is 11.4. The number of benzene rings is 2. The lowest BCUT2D eigenvalue weighted by Gasteiger charge is -2.29. The predicted octanol–water partition coefficient (Wildman–Crippen LogP) is 3.44. The number of nitrogens with zero attached hydrogens (tertiary/aromatic N) is 2. The highest BCUT2D eigenvalue weighted by Gasteiger charge is 2.23. The van der Waals surface area contributed by atoms with Crippen molar-refractivity contribution >= 4 is 35.8 Å². The van der Waals surface area contributed by atoms with Crippen LogP contribution in [0.4, 0.5) is 0 Å². The van der Waals surface area contributed by atoms with Gasteiger partial charge in [-0.05, 0) is 62.2 Å². The number of rotatable bonds is 10. The minimum Gasteiger partial charge on any atom is -0.497 e. The Hall–Kier alpha value is -2.33. The van der Waals surface area contributed by atoms with Crippen LogP contribution >= 0.6 is 24.0 Å². The van der Waals surface area contributed by atoms with Crippen LogP contribution in [0, 0.1) is 0 Å². The molecule has 1 aliphatic heterocycles. The second-order valence-corrected chi connectivity index (χ2v) is 7.89. The van der Waals surface area contributed by atoms with Gasteiger partial charge in [0.15, 0.2) is 5.96 Å². The van der Waals surface area contributed by atoms with Gasteiger partial charge < -0.3 is 20.7 Å². The van der Waals surface area contributed by atoms with E-state index in [1.165, 1.54) is 18.4 Å². The first-order valence-electron chi connectivity index (χ1n) is 11.4. The number of carbonyl (C=O) groups is 1. The first-order chi connectivity index (χ1) is 15.7. The molecule has 3 N–H and O–H groups in total. The highest BCUT2D eigenvalue weighted by atomic mass is 127. The normalized spacial score (nSPS) is 14.8. The third kappa shape index (κ3) is 8.51. The number of methoxy groups -OCH3 is 1. The molecule has 1 aliphatic rings. The maximum Gasteiger partial charge on any atom is 0.251 e. The lowest BCUT2D eigenvalue weighted by atomic mass is 10.1. The number of halogens is 1. The summed E-state index contributed by atoms with van der Waals surface area (Å²) in [6, 6.07) is 17.9. The number of ether oxygens (including phenoxy) is 1. The minimum absolute atomic E-state index is 0. The van der Waals surface area contributed by atoms with Crippen molar-refractivity contribution in [3.05, 3.63) is 65.7 Å². The summed E-state index contributed by atoms with van der Waals surface area (Å²) in [5, 5.41) is 9.78. The smallest absolute Gasteiger partial charge is 0.251 e. The van der Waals surface area contributed by atoms with Gasteiger partial charge in [0.1, 0.15) is 5.75 Å². The minimum atomic E-state index is -0.0407. The molecule has 7 nitrogen and oxygen atoms in total. The second-order valence-electron chi connectivity index (χ2n) is 7.89. The average Bonchev–Trinajstić information content (AvgIpc) is 3.38. The molecule has 8 heteroatoms. The van der Waals surface area contributed by atoms with Crippen LogP contribution in [0.15, 0.2) is 59.6 Å². The summed E-state index contributed by atoms with van der Waals surface area (Å²) in [7, 11) is 3.47. The second kappa shape index (κ2) is 14.7. The summed E-state index contributed by atoms with van der Waals surface area (Å²) in [4.78, 5) is 19.0. The van der Waals surface area contributed by atoms with Crippen LogP contribution < -0.4 is 20.7 Å². The fourth-order valence-electron chi connectivity index (χ4n) is 3.94. The van der Waals surface area contributed by atoms with Crippen LogP contribution in [0.5, 0.6) is 5.75 Å². The molecule has 1 amide bonds. The van der Waals surface area contributed by atoms with Crippen molar-refractivity contribution in [3.8, 4) is 5.75 Å². The number of guanidine groups is 1. The van der Waals surface area contributed by atoms with Crippen molar-refractivity contribution in [1.82, 2.24) is 20.9 Å². The van der Waals surface area contributed by atoms with E-state index in [4.69, 9.17) is 4.74 Å². The summed E-state index contributed by atoms with van der Waals surface area (Å²) in [5.41, 5.74) is 1.96. The van der Waals surface area contributed by atoms with Gasteiger partial charge in [-0.1, -0.05) is 30.3 Å². The lowest BCUT2D eigenvalue weighted by molar-refractivity contribution is 0.0953. The molecular formula is C25H36IN5O2. The van der Waals surface area contributed by atoms with Crippen LogP contribution in [-0.4, -0.2) is 63.6 Å². The van der Waals surface area contributed by atoms with E-state index in [2.05, 4.69) is 38.0 Å². The molecule has 180 valence electrons. The maximum absolute atomic E-state index is 12.1. The van der Waals surface area contributed by atoms with Crippen molar-refractivity contribution in [2.75, 3.05) is 46.9 Å². The third-order valence-electron chi connectivity index (χ3n) is 5.74. The van der Waals surface area contributed by atoms with E-state index in [0.29, 0.717) is 12.1 Å². The van der Waals surface area contributed by atoms with E-state index >= 15 is 0 Å². The lowest BCUT2D eigenvalue weighted by Crippen LogP contribution is -2.43.